The second-order valence-electron chi connectivity index (χ2n) is 5.51. The first kappa shape index (κ1) is 16.4. The Balaban J connectivity index is 1.51. The minimum atomic E-state index is -0.274. The van der Waals surface area contributed by atoms with Crippen molar-refractivity contribution in [2.45, 2.75) is 6.42 Å². The highest BCUT2D eigenvalue weighted by Gasteiger charge is 2.07. The predicted octanol–water partition coefficient (Wildman–Crippen LogP) is 2.17. The quantitative estimate of drug-likeness (QED) is 0.725. The van der Waals surface area contributed by atoms with Gasteiger partial charge in [-0.15, -0.1) is 0 Å². The summed E-state index contributed by atoms with van der Waals surface area (Å²) in [6.07, 6.45) is 5.45. The average Bonchev–Trinajstić information content (AvgIpc) is 3.16. The molecule has 3 aromatic rings. The van der Waals surface area contributed by atoms with Crippen LogP contribution in [0.3, 0.4) is 0 Å². The van der Waals surface area contributed by atoms with Gasteiger partial charge in [-0.1, -0.05) is 36.4 Å². The molecule has 0 aliphatic rings. The van der Waals surface area contributed by atoms with Gasteiger partial charge in [0.05, 0.1) is 19.3 Å². The van der Waals surface area contributed by atoms with Crippen LogP contribution in [-0.4, -0.2) is 27.9 Å². The van der Waals surface area contributed by atoms with Crippen molar-refractivity contribution in [3.05, 3.63) is 78.9 Å². The molecule has 0 unspecified atom stereocenters. The van der Waals surface area contributed by atoms with Crippen LogP contribution in [-0.2, 0) is 16.0 Å². The molecule has 0 aliphatic carbocycles. The van der Waals surface area contributed by atoms with Gasteiger partial charge in [-0.3, -0.25) is 9.59 Å². The molecule has 1 heterocycles. The number of aromatic nitrogens is 2. The topological polar surface area (TPSA) is 76.0 Å². The lowest BCUT2D eigenvalue weighted by molar-refractivity contribution is -0.123. The van der Waals surface area contributed by atoms with Gasteiger partial charge in [0.1, 0.15) is 0 Å². The Hall–Kier alpha value is -3.41. The van der Waals surface area contributed by atoms with Crippen LogP contribution in [0, 0.1) is 0 Å². The summed E-state index contributed by atoms with van der Waals surface area (Å²) in [6, 6.07) is 16.8. The molecule has 2 aromatic carbocycles. The van der Waals surface area contributed by atoms with Crippen molar-refractivity contribution in [1.82, 2.24) is 14.9 Å². The van der Waals surface area contributed by atoms with E-state index in [1.807, 2.05) is 59.3 Å². The average molecular weight is 334 g/mol. The standard InChI is InChI=1S/C19H18N4O2/c24-18(11-15-5-2-1-3-6-15)21-13-19(25)22-16-7-4-8-17(12-16)23-10-9-20-14-23/h1-10,12,14H,11,13H2,(H,21,24)(H,22,25). The second kappa shape index (κ2) is 7.92. The van der Waals surface area contributed by atoms with E-state index in [1.165, 1.54) is 0 Å². The molecule has 0 atom stereocenters. The Labute approximate surface area is 145 Å². The second-order valence-corrected chi connectivity index (χ2v) is 5.51. The van der Waals surface area contributed by atoms with Crippen LogP contribution in [0.4, 0.5) is 5.69 Å². The molecule has 3 rings (SSSR count). The van der Waals surface area contributed by atoms with E-state index >= 15 is 0 Å². The van der Waals surface area contributed by atoms with E-state index in [0.717, 1.165) is 11.3 Å². The normalized spacial score (nSPS) is 10.2. The largest absolute Gasteiger partial charge is 0.347 e. The zero-order valence-electron chi connectivity index (χ0n) is 13.6. The molecule has 126 valence electrons. The Bertz CT molecular complexity index is 845. The van der Waals surface area contributed by atoms with Crippen LogP contribution in [0.1, 0.15) is 5.56 Å². The molecular weight excluding hydrogens is 316 g/mol. The molecule has 6 heteroatoms. The van der Waals surface area contributed by atoms with Crippen molar-refractivity contribution in [2.24, 2.45) is 0 Å². The molecule has 6 nitrogen and oxygen atoms in total. The van der Waals surface area contributed by atoms with E-state index in [1.54, 1.807) is 18.6 Å². The summed E-state index contributed by atoms with van der Waals surface area (Å²) in [7, 11) is 0. The molecule has 0 spiro atoms. The summed E-state index contributed by atoms with van der Waals surface area (Å²) in [5.41, 5.74) is 2.46. The van der Waals surface area contributed by atoms with E-state index < -0.39 is 0 Å². The molecule has 0 aliphatic heterocycles. The fraction of sp³-hybridized carbons (Fsp3) is 0.105. The maximum Gasteiger partial charge on any atom is 0.243 e. The van der Waals surface area contributed by atoms with Crippen LogP contribution in [0.15, 0.2) is 73.3 Å². The number of hydrogen-bond acceptors (Lipinski definition) is 3. The molecular formula is C19H18N4O2. The van der Waals surface area contributed by atoms with Gasteiger partial charge < -0.3 is 15.2 Å². The number of nitrogens with zero attached hydrogens (tertiary/aromatic N) is 2. The molecule has 0 radical (unpaired) electrons. The van der Waals surface area contributed by atoms with E-state index in [2.05, 4.69) is 15.6 Å². The van der Waals surface area contributed by atoms with Gasteiger partial charge in [-0.2, -0.15) is 0 Å². The number of nitrogens with one attached hydrogen (secondary N) is 2. The number of rotatable bonds is 6. The summed E-state index contributed by atoms with van der Waals surface area (Å²) >= 11 is 0. The van der Waals surface area contributed by atoms with E-state index in [-0.39, 0.29) is 24.8 Å². The van der Waals surface area contributed by atoms with Crippen LogP contribution < -0.4 is 10.6 Å². The first-order valence-corrected chi connectivity index (χ1v) is 7.89. The summed E-state index contributed by atoms with van der Waals surface area (Å²) in [5, 5.41) is 5.40. The van der Waals surface area contributed by atoms with Crippen molar-refractivity contribution in [3.8, 4) is 5.69 Å². The maximum atomic E-state index is 12.0. The van der Waals surface area contributed by atoms with Crippen molar-refractivity contribution in [3.63, 3.8) is 0 Å². The number of amides is 2. The van der Waals surface area contributed by atoms with Gasteiger partial charge in [-0.25, -0.2) is 4.98 Å². The molecule has 2 N–H and O–H groups in total. The lowest BCUT2D eigenvalue weighted by Crippen LogP contribution is -2.33. The summed E-state index contributed by atoms with van der Waals surface area (Å²) in [4.78, 5) is 27.9. The lowest BCUT2D eigenvalue weighted by Gasteiger charge is -2.09. The molecule has 25 heavy (non-hydrogen) atoms. The summed E-state index contributed by atoms with van der Waals surface area (Å²) < 4.78 is 1.84. The zero-order valence-corrected chi connectivity index (χ0v) is 13.6. The van der Waals surface area contributed by atoms with E-state index in [9.17, 15) is 9.59 Å². The maximum absolute atomic E-state index is 12.0. The number of carbonyl (C=O) groups is 2. The fourth-order valence-corrected chi connectivity index (χ4v) is 2.38. The Morgan fingerprint density at radius 3 is 2.60 bits per heavy atom. The highest BCUT2D eigenvalue weighted by Crippen LogP contribution is 2.14. The fourth-order valence-electron chi connectivity index (χ4n) is 2.38. The Morgan fingerprint density at radius 1 is 1.00 bits per heavy atom. The number of anilines is 1. The van der Waals surface area contributed by atoms with Gasteiger partial charge in [0.15, 0.2) is 0 Å². The number of hydrogen-bond donors (Lipinski definition) is 2. The molecule has 1 aromatic heterocycles. The van der Waals surface area contributed by atoms with Gasteiger partial charge in [0.25, 0.3) is 0 Å². The Kier molecular flexibility index (Phi) is 5.21. The monoisotopic (exact) mass is 334 g/mol. The minimum absolute atomic E-state index is 0.0685. The molecule has 0 saturated heterocycles. The third-order valence-electron chi connectivity index (χ3n) is 3.59. The SMILES string of the molecule is O=C(Cc1ccccc1)NCC(=O)Nc1cccc(-n2ccnc2)c1. The summed E-state index contributed by atoms with van der Waals surface area (Å²) in [6.45, 7) is -0.0685. The van der Waals surface area contributed by atoms with Crippen molar-refractivity contribution < 1.29 is 9.59 Å². The van der Waals surface area contributed by atoms with Gasteiger partial charge >= 0.3 is 0 Å². The van der Waals surface area contributed by atoms with Crippen LogP contribution in [0.25, 0.3) is 5.69 Å². The predicted molar refractivity (Wildman–Crippen MR) is 95.3 cm³/mol. The third kappa shape index (κ3) is 4.78. The van der Waals surface area contributed by atoms with Crippen LogP contribution in [0.2, 0.25) is 0 Å². The molecule has 0 bridgehead atoms. The van der Waals surface area contributed by atoms with E-state index in [4.69, 9.17) is 0 Å². The lowest BCUT2D eigenvalue weighted by atomic mass is 10.1. The molecule has 0 saturated carbocycles. The van der Waals surface area contributed by atoms with Crippen molar-refractivity contribution in [2.75, 3.05) is 11.9 Å². The van der Waals surface area contributed by atoms with Crippen LogP contribution >= 0.6 is 0 Å². The molecule has 2 amide bonds. The smallest absolute Gasteiger partial charge is 0.243 e. The molecule has 0 fully saturated rings. The zero-order chi connectivity index (χ0) is 17.5. The highest BCUT2D eigenvalue weighted by atomic mass is 16.2. The van der Waals surface area contributed by atoms with Gasteiger partial charge in [0.2, 0.25) is 11.8 Å². The van der Waals surface area contributed by atoms with Crippen molar-refractivity contribution in [1.29, 1.82) is 0 Å². The van der Waals surface area contributed by atoms with Gasteiger partial charge in [0, 0.05) is 23.8 Å². The van der Waals surface area contributed by atoms with Crippen LogP contribution in [0.5, 0.6) is 0 Å². The van der Waals surface area contributed by atoms with Crippen molar-refractivity contribution >= 4 is 17.5 Å². The third-order valence-corrected chi connectivity index (χ3v) is 3.59. The number of benzene rings is 2. The number of carbonyl (C=O) groups excluding carboxylic acids is 2. The Morgan fingerprint density at radius 2 is 1.84 bits per heavy atom. The first-order valence-electron chi connectivity index (χ1n) is 7.89. The minimum Gasteiger partial charge on any atom is -0.347 e. The first-order chi connectivity index (χ1) is 12.2. The van der Waals surface area contributed by atoms with Gasteiger partial charge in [-0.05, 0) is 23.8 Å². The summed E-state index contributed by atoms with van der Waals surface area (Å²) in [5.74, 6) is -0.460. The highest BCUT2D eigenvalue weighted by molar-refractivity contribution is 5.94. The number of imidazole rings is 1. The van der Waals surface area contributed by atoms with E-state index in [0.29, 0.717) is 5.69 Å².